The Labute approximate surface area is 167 Å². The minimum atomic E-state index is -0.296. The maximum absolute atomic E-state index is 5.83. The monoisotopic (exact) mass is 378 g/mol. The zero-order valence-corrected chi connectivity index (χ0v) is 18.5. The van der Waals surface area contributed by atoms with E-state index in [-0.39, 0.29) is 11.2 Å². The molecule has 1 aromatic rings. The predicted molar refractivity (Wildman–Crippen MR) is 117 cm³/mol. The molecule has 0 unspecified atom stereocenters. The minimum absolute atomic E-state index is 0.0939. The third kappa shape index (κ3) is 7.35. The van der Waals surface area contributed by atoms with Gasteiger partial charge in [-0.3, -0.25) is 0 Å². The summed E-state index contributed by atoms with van der Waals surface area (Å²) >= 11 is 3.53. The Hall–Kier alpha value is -0.950. The molecule has 0 amide bonds. The molecule has 0 N–H and O–H groups in total. The van der Waals surface area contributed by atoms with E-state index in [1.54, 1.807) is 6.26 Å². The Morgan fingerprint density at radius 2 is 1.38 bits per heavy atom. The minimum Gasteiger partial charge on any atom is -0.348 e. The lowest BCUT2D eigenvalue weighted by Gasteiger charge is -2.41. The maximum Gasteiger partial charge on any atom is 0.168 e. The lowest BCUT2D eigenvalue weighted by molar-refractivity contribution is -0.187. The summed E-state index contributed by atoms with van der Waals surface area (Å²) in [5, 5.41) is 0. The summed E-state index contributed by atoms with van der Waals surface area (Å²) in [4.78, 5) is 0. The molecule has 0 aromatic heterocycles. The largest absolute Gasteiger partial charge is 0.348 e. The fourth-order valence-corrected chi connectivity index (χ4v) is 3.49. The molecule has 2 fully saturated rings. The number of hydrogen-bond acceptors (Lipinski definition) is 3. The Morgan fingerprint density at radius 1 is 0.885 bits per heavy atom. The first kappa shape index (κ1) is 25.1. The van der Waals surface area contributed by atoms with Crippen LogP contribution >= 0.6 is 12.6 Å². The molecule has 0 radical (unpaired) electrons. The van der Waals surface area contributed by atoms with Gasteiger partial charge in [-0.25, -0.2) is 0 Å². The molecule has 1 aliphatic heterocycles. The Balaban J connectivity index is 0.000000948. The fourth-order valence-electron chi connectivity index (χ4n) is 3.49. The summed E-state index contributed by atoms with van der Waals surface area (Å²) in [6.07, 6.45) is 6.78. The molecule has 1 spiro atoms. The summed E-state index contributed by atoms with van der Waals surface area (Å²) in [7, 11) is 0. The van der Waals surface area contributed by atoms with Crippen LogP contribution in [0.4, 0.5) is 0 Å². The van der Waals surface area contributed by atoms with E-state index >= 15 is 0 Å². The second-order valence-electron chi connectivity index (χ2n) is 5.93. The first-order valence-corrected chi connectivity index (χ1v) is 10.9. The van der Waals surface area contributed by atoms with Crippen LogP contribution in [0.15, 0.2) is 30.3 Å². The number of rotatable bonds is 2. The van der Waals surface area contributed by atoms with Gasteiger partial charge in [0, 0.05) is 18.3 Å². The lowest BCUT2D eigenvalue weighted by atomic mass is 9.69. The summed E-state index contributed by atoms with van der Waals surface area (Å²) in [6.45, 7) is 11.4. The van der Waals surface area contributed by atoms with Crippen LogP contribution in [0.3, 0.4) is 0 Å². The standard InChI is InChI=1S/C18H22O2.2C2H6.CH4S/c1-2-8-17(15-16-6-4-3-5-7-16)9-11-18(12-10-17)19-13-14-20-18;3*1-2/h3-7H,9-15H2,1H3;2*1-2H3;2H,1H3. The van der Waals surface area contributed by atoms with Gasteiger partial charge in [-0.2, -0.15) is 12.6 Å². The van der Waals surface area contributed by atoms with E-state index in [4.69, 9.17) is 9.47 Å². The number of hydrogen-bond donors (Lipinski definition) is 1. The van der Waals surface area contributed by atoms with E-state index in [0.717, 1.165) is 45.3 Å². The molecular weight excluding hydrogens is 340 g/mol. The van der Waals surface area contributed by atoms with Gasteiger partial charge in [0.25, 0.3) is 0 Å². The third-order valence-electron chi connectivity index (χ3n) is 4.56. The van der Waals surface area contributed by atoms with Gasteiger partial charge >= 0.3 is 0 Å². The molecule has 3 rings (SSSR count). The van der Waals surface area contributed by atoms with Crippen molar-refractivity contribution in [3.63, 3.8) is 0 Å². The van der Waals surface area contributed by atoms with Gasteiger partial charge in [-0.15, -0.1) is 5.92 Å². The zero-order chi connectivity index (χ0) is 19.9. The molecule has 1 heterocycles. The van der Waals surface area contributed by atoms with Crippen LogP contribution in [0, 0.1) is 17.3 Å². The molecule has 1 aliphatic carbocycles. The van der Waals surface area contributed by atoms with E-state index < -0.39 is 0 Å². The third-order valence-corrected chi connectivity index (χ3v) is 4.56. The quantitative estimate of drug-likeness (QED) is 0.491. The Bertz CT molecular complexity index is 500. The first-order chi connectivity index (χ1) is 12.8. The Morgan fingerprint density at radius 3 is 1.85 bits per heavy atom. The highest BCUT2D eigenvalue weighted by Gasteiger charge is 2.45. The zero-order valence-electron chi connectivity index (χ0n) is 17.6. The van der Waals surface area contributed by atoms with E-state index in [1.807, 2.05) is 34.6 Å². The highest BCUT2D eigenvalue weighted by molar-refractivity contribution is 7.79. The average Bonchev–Trinajstić information content (AvgIpc) is 3.19. The van der Waals surface area contributed by atoms with Crippen LogP contribution in [-0.2, 0) is 15.9 Å². The molecule has 3 heteroatoms. The van der Waals surface area contributed by atoms with Crippen molar-refractivity contribution in [2.75, 3.05) is 19.5 Å². The van der Waals surface area contributed by atoms with Crippen molar-refractivity contribution in [2.24, 2.45) is 5.41 Å². The van der Waals surface area contributed by atoms with E-state index in [2.05, 4.69) is 54.8 Å². The molecule has 0 bridgehead atoms. The van der Waals surface area contributed by atoms with Gasteiger partial charge in [0.05, 0.1) is 13.2 Å². The van der Waals surface area contributed by atoms with Gasteiger partial charge in [-0.1, -0.05) is 63.9 Å². The van der Waals surface area contributed by atoms with Gasteiger partial charge in [0.2, 0.25) is 0 Å². The van der Waals surface area contributed by atoms with E-state index in [0.29, 0.717) is 0 Å². The number of ether oxygens (including phenoxy) is 2. The van der Waals surface area contributed by atoms with Crippen molar-refractivity contribution < 1.29 is 9.47 Å². The number of thiol groups is 1. The first-order valence-electron chi connectivity index (χ1n) is 9.96. The lowest BCUT2D eigenvalue weighted by Crippen LogP contribution is -2.40. The highest BCUT2D eigenvalue weighted by atomic mass is 32.1. The summed E-state index contributed by atoms with van der Waals surface area (Å²) in [5.41, 5.74) is 1.47. The van der Waals surface area contributed by atoms with Crippen LogP contribution in [-0.4, -0.2) is 25.3 Å². The van der Waals surface area contributed by atoms with Gasteiger partial charge in [0.15, 0.2) is 5.79 Å². The second-order valence-corrected chi connectivity index (χ2v) is 5.93. The van der Waals surface area contributed by atoms with Crippen LogP contribution in [0.25, 0.3) is 0 Å². The Kier molecular flexibility index (Phi) is 13.6. The summed E-state index contributed by atoms with van der Waals surface area (Å²) < 4.78 is 11.7. The van der Waals surface area contributed by atoms with Crippen molar-refractivity contribution in [3.05, 3.63) is 35.9 Å². The van der Waals surface area contributed by atoms with Gasteiger partial charge < -0.3 is 9.47 Å². The maximum atomic E-state index is 5.83. The van der Waals surface area contributed by atoms with Crippen molar-refractivity contribution in [2.45, 2.75) is 72.5 Å². The molecule has 1 saturated carbocycles. The summed E-state index contributed by atoms with van der Waals surface area (Å²) in [6, 6.07) is 10.7. The normalized spacial score (nSPS) is 18.6. The topological polar surface area (TPSA) is 18.5 Å². The van der Waals surface area contributed by atoms with Crippen LogP contribution in [0.5, 0.6) is 0 Å². The predicted octanol–water partition coefficient (Wildman–Crippen LogP) is 6.15. The molecule has 1 aromatic carbocycles. The molecule has 0 atom stereocenters. The summed E-state index contributed by atoms with van der Waals surface area (Å²) in [5.74, 6) is 6.34. The van der Waals surface area contributed by atoms with E-state index in [9.17, 15) is 0 Å². The molecular formula is C23H38O2S. The van der Waals surface area contributed by atoms with Crippen molar-refractivity contribution >= 4 is 12.6 Å². The molecule has 148 valence electrons. The SMILES string of the molecule is CC.CC.CC#CC1(Cc2ccccc2)CCC2(CC1)OCCO2.CS. The fraction of sp³-hybridized carbons (Fsp3) is 0.652. The molecule has 1 saturated heterocycles. The number of benzene rings is 1. The van der Waals surface area contributed by atoms with Gasteiger partial charge in [0.1, 0.15) is 0 Å². The average molecular weight is 379 g/mol. The van der Waals surface area contributed by atoms with Crippen molar-refractivity contribution in [3.8, 4) is 11.8 Å². The molecule has 2 nitrogen and oxygen atoms in total. The second kappa shape index (κ2) is 14.2. The highest BCUT2D eigenvalue weighted by Crippen LogP contribution is 2.46. The van der Waals surface area contributed by atoms with Crippen molar-refractivity contribution in [1.82, 2.24) is 0 Å². The van der Waals surface area contributed by atoms with Crippen LogP contribution < -0.4 is 0 Å². The van der Waals surface area contributed by atoms with E-state index in [1.165, 1.54) is 5.56 Å². The molecule has 2 aliphatic rings. The smallest absolute Gasteiger partial charge is 0.168 e. The van der Waals surface area contributed by atoms with Crippen LogP contribution in [0.2, 0.25) is 0 Å². The van der Waals surface area contributed by atoms with Crippen molar-refractivity contribution in [1.29, 1.82) is 0 Å². The molecule has 26 heavy (non-hydrogen) atoms. The van der Waals surface area contributed by atoms with Crippen LogP contribution in [0.1, 0.15) is 65.9 Å². The van der Waals surface area contributed by atoms with Gasteiger partial charge in [-0.05, 0) is 38.0 Å².